The molecule has 7 nitrogen and oxygen atoms in total. The van der Waals surface area contributed by atoms with Crippen molar-refractivity contribution in [1.82, 2.24) is 19.9 Å². The lowest BCUT2D eigenvalue weighted by Gasteiger charge is -2.38. The molecule has 1 unspecified atom stereocenters. The Balaban J connectivity index is 1.59. The van der Waals surface area contributed by atoms with Crippen molar-refractivity contribution in [3.05, 3.63) is 77.8 Å². The van der Waals surface area contributed by atoms with Gasteiger partial charge in [-0.3, -0.25) is 9.69 Å². The Morgan fingerprint density at radius 1 is 1.29 bits per heavy atom. The van der Waals surface area contributed by atoms with Crippen molar-refractivity contribution >= 4 is 28.6 Å². The quantitative estimate of drug-likeness (QED) is 0.668. The minimum Gasteiger partial charge on any atom is -0.360 e. The molecule has 3 heterocycles. The summed E-state index contributed by atoms with van der Waals surface area (Å²) in [6.45, 7) is 3.89. The molecule has 156 valence electrons. The van der Waals surface area contributed by atoms with Crippen LogP contribution in [-0.2, 0) is 4.79 Å². The van der Waals surface area contributed by atoms with E-state index in [9.17, 15) is 9.18 Å². The SMILES string of the molecule is CC1=C2C(=O)N(c3cccc(F)c3)C([C@H](C)Nc3ncnc4nc[nH]c34)=CC2CC=C1. The van der Waals surface area contributed by atoms with Gasteiger partial charge in [0.1, 0.15) is 17.7 Å². The molecule has 0 fully saturated rings. The standard InChI is InChI=1S/C23H21FN6O/c1-13-5-3-6-15-9-18(14(2)29-22-20-21(26-11-25-20)27-12-28-22)30(23(31)19(13)15)17-8-4-7-16(24)10-17/h3-5,7-12,14-15H,6H2,1-2H3,(H2,25,26,27,28,29)/t14-,15?/m0/s1. The molecule has 1 aliphatic carbocycles. The highest BCUT2D eigenvalue weighted by Crippen LogP contribution is 2.38. The summed E-state index contributed by atoms with van der Waals surface area (Å²) in [7, 11) is 0. The van der Waals surface area contributed by atoms with Gasteiger partial charge in [-0.15, -0.1) is 0 Å². The summed E-state index contributed by atoms with van der Waals surface area (Å²) in [4.78, 5) is 30.9. The Labute approximate surface area is 178 Å². The zero-order valence-electron chi connectivity index (χ0n) is 17.1. The number of aromatic amines is 1. The predicted molar refractivity (Wildman–Crippen MR) is 117 cm³/mol. The molecule has 1 aromatic carbocycles. The molecule has 0 spiro atoms. The number of halogens is 1. The molecule has 5 rings (SSSR count). The topological polar surface area (TPSA) is 86.8 Å². The summed E-state index contributed by atoms with van der Waals surface area (Å²) in [5.41, 5.74) is 4.17. The maximum atomic E-state index is 14.0. The normalized spacial score (nSPS) is 19.5. The Morgan fingerprint density at radius 3 is 3.00 bits per heavy atom. The van der Waals surface area contributed by atoms with Gasteiger partial charge in [-0.1, -0.05) is 24.3 Å². The number of hydrogen-bond acceptors (Lipinski definition) is 5. The third kappa shape index (κ3) is 3.30. The number of rotatable bonds is 4. The van der Waals surface area contributed by atoms with Gasteiger partial charge in [-0.05, 0) is 44.0 Å². The van der Waals surface area contributed by atoms with Crippen molar-refractivity contribution in [2.45, 2.75) is 26.3 Å². The third-order valence-electron chi connectivity index (χ3n) is 5.70. The van der Waals surface area contributed by atoms with Gasteiger partial charge in [-0.25, -0.2) is 19.3 Å². The van der Waals surface area contributed by atoms with Crippen LogP contribution in [0.4, 0.5) is 15.9 Å². The summed E-state index contributed by atoms with van der Waals surface area (Å²) in [6.07, 6.45) is 9.91. The smallest absolute Gasteiger partial charge is 0.259 e. The summed E-state index contributed by atoms with van der Waals surface area (Å²) < 4.78 is 14.0. The maximum absolute atomic E-state index is 14.0. The van der Waals surface area contributed by atoms with E-state index in [1.54, 1.807) is 23.4 Å². The molecule has 2 N–H and O–H groups in total. The number of amides is 1. The van der Waals surface area contributed by atoms with E-state index in [1.807, 2.05) is 19.9 Å². The van der Waals surface area contributed by atoms with E-state index in [2.05, 4.69) is 37.4 Å². The zero-order chi connectivity index (χ0) is 21.5. The van der Waals surface area contributed by atoms with E-state index in [-0.39, 0.29) is 17.9 Å². The second-order valence-corrected chi connectivity index (χ2v) is 7.74. The molecule has 0 bridgehead atoms. The fraction of sp³-hybridized carbons (Fsp3) is 0.217. The molecule has 31 heavy (non-hydrogen) atoms. The first-order valence-electron chi connectivity index (χ1n) is 10.1. The van der Waals surface area contributed by atoms with Crippen molar-refractivity contribution in [1.29, 1.82) is 0 Å². The number of carbonyl (C=O) groups is 1. The molecule has 8 heteroatoms. The van der Waals surface area contributed by atoms with E-state index in [0.29, 0.717) is 22.7 Å². The highest BCUT2D eigenvalue weighted by Gasteiger charge is 2.36. The minimum absolute atomic E-state index is 0.0147. The van der Waals surface area contributed by atoms with Crippen LogP contribution in [0.25, 0.3) is 11.2 Å². The number of carbonyl (C=O) groups excluding carboxylic acids is 1. The van der Waals surface area contributed by atoms with Gasteiger partial charge in [0.25, 0.3) is 5.91 Å². The fourth-order valence-electron chi connectivity index (χ4n) is 4.26. The number of hydrogen-bond donors (Lipinski definition) is 2. The fourth-order valence-corrected chi connectivity index (χ4v) is 4.26. The number of anilines is 2. The first-order valence-corrected chi connectivity index (χ1v) is 10.1. The van der Waals surface area contributed by atoms with Crippen molar-refractivity contribution in [3.8, 4) is 0 Å². The second-order valence-electron chi connectivity index (χ2n) is 7.74. The van der Waals surface area contributed by atoms with Crippen LogP contribution in [0.3, 0.4) is 0 Å². The molecule has 2 atom stereocenters. The second kappa shape index (κ2) is 7.46. The molecule has 1 amide bonds. The van der Waals surface area contributed by atoms with Gasteiger partial charge in [0.2, 0.25) is 0 Å². The summed E-state index contributed by atoms with van der Waals surface area (Å²) in [5.74, 6) is 0.0531. The molecule has 2 aromatic heterocycles. The van der Waals surface area contributed by atoms with E-state index in [1.165, 1.54) is 18.5 Å². The Bertz CT molecular complexity index is 1270. The number of nitrogens with one attached hydrogen (secondary N) is 2. The molecule has 1 aliphatic heterocycles. The Hall–Kier alpha value is -3.81. The van der Waals surface area contributed by atoms with Gasteiger partial charge in [-0.2, -0.15) is 0 Å². The van der Waals surface area contributed by atoms with Crippen LogP contribution in [0, 0.1) is 11.7 Å². The number of aromatic nitrogens is 4. The molecule has 0 saturated heterocycles. The summed E-state index contributed by atoms with van der Waals surface area (Å²) >= 11 is 0. The highest BCUT2D eigenvalue weighted by atomic mass is 19.1. The van der Waals surface area contributed by atoms with Crippen LogP contribution >= 0.6 is 0 Å². The molecule has 0 radical (unpaired) electrons. The summed E-state index contributed by atoms with van der Waals surface area (Å²) in [6, 6.07) is 5.82. The largest absolute Gasteiger partial charge is 0.360 e. The Morgan fingerprint density at radius 2 is 2.16 bits per heavy atom. The lowest BCUT2D eigenvalue weighted by molar-refractivity contribution is -0.115. The average Bonchev–Trinajstić information content (AvgIpc) is 3.23. The van der Waals surface area contributed by atoms with E-state index < -0.39 is 5.82 Å². The monoisotopic (exact) mass is 416 g/mol. The minimum atomic E-state index is -0.392. The van der Waals surface area contributed by atoms with Crippen molar-refractivity contribution in [3.63, 3.8) is 0 Å². The van der Waals surface area contributed by atoms with E-state index in [4.69, 9.17) is 0 Å². The van der Waals surface area contributed by atoms with Crippen LogP contribution in [0.15, 0.2) is 72.0 Å². The average molecular weight is 416 g/mol. The van der Waals surface area contributed by atoms with Gasteiger partial charge in [0.05, 0.1) is 18.1 Å². The molecular formula is C23H21FN6O. The van der Waals surface area contributed by atoms with Crippen LogP contribution in [-0.4, -0.2) is 31.9 Å². The van der Waals surface area contributed by atoms with E-state index >= 15 is 0 Å². The maximum Gasteiger partial charge on any atom is 0.259 e. The first kappa shape index (κ1) is 19.2. The van der Waals surface area contributed by atoms with Gasteiger partial charge in [0, 0.05) is 17.2 Å². The molecular weight excluding hydrogens is 395 g/mol. The summed E-state index contributed by atoms with van der Waals surface area (Å²) in [5, 5.41) is 3.37. The number of benzene rings is 1. The number of imidazole rings is 1. The predicted octanol–water partition coefficient (Wildman–Crippen LogP) is 4.12. The van der Waals surface area contributed by atoms with Crippen LogP contribution in [0.2, 0.25) is 0 Å². The number of nitrogens with zero attached hydrogens (tertiary/aromatic N) is 4. The lowest BCUT2D eigenvalue weighted by Crippen LogP contribution is -2.43. The van der Waals surface area contributed by atoms with Crippen molar-refractivity contribution in [2.75, 3.05) is 10.2 Å². The van der Waals surface area contributed by atoms with Crippen molar-refractivity contribution < 1.29 is 9.18 Å². The highest BCUT2D eigenvalue weighted by molar-refractivity contribution is 6.10. The zero-order valence-corrected chi connectivity index (χ0v) is 17.1. The number of H-pyrrole nitrogens is 1. The number of allylic oxidation sites excluding steroid dienone is 4. The van der Waals surface area contributed by atoms with Gasteiger partial charge >= 0.3 is 0 Å². The first-order chi connectivity index (χ1) is 15.0. The molecule has 2 aliphatic rings. The van der Waals surface area contributed by atoms with E-state index in [0.717, 1.165) is 23.3 Å². The van der Waals surface area contributed by atoms with Gasteiger partial charge < -0.3 is 10.3 Å². The third-order valence-corrected chi connectivity index (χ3v) is 5.70. The molecule has 0 saturated carbocycles. The van der Waals surface area contributed by atoms with Crippen LogP contribution < -0.4 is 10.2 Å². The number of fused-ring (bicyclic) bond motifs is 2. The van der Waals surface area contributed by atoms with Crippen LogP contribution in [0.1, 0.15) is 20.3 Å². The Kier molecular flexibility index (Phi) is 4.62. The molecule has 3 aromatic rings. The van der Waals surface area contributed by atoms with Gasteiger partial charge in [0.15, 0.2) is 11.5 Å². The van der Waals surface area contributed by atoms with Crippen molar-refractivity contribution in [2.24, 2.45) is 5.92 Å². The lowest BCUT2D eigenvalue weighted by atomic mass is 9.82. The van der Waals surface area contributed by atoms with Crippen LogP contribution in [0.5, 0.6) is 0 Å².